The van der Waals surface area contributed by atoms with Gasteiger partial charge in [0.2, 0.25) is 5.91 Å². The van der Waals surface area contributed by atoms with Gasteiger partial charge in [-0.05, 0) is 29.5 Å². The summed E-state index contributed by atoms with van der Waals surface area (Å²) in [4.78, 5) is 46.7. The van der Waals surface area contributed by atoms with Crippen molar-refractivity contribution in [3.8, 4) is 22.4 Å². The first-order valence-electron chi connectivity index (χ1n) is 12.7. The van der Waals surface area contributed by atoms with Gasteiger partial charge in [-0.15, -0.1) is 0 Å². The molecular formula is C29H34N4O5. The largest absolute Gasteiger partial charge is 0.453 e. The number of likely N-dealkylation sites (tertiary alicyclic amines) is 1. The average molecular weight is 519 g/mol. The highest BCUT2D eigenvalue weighted by molar-refractivity contribution is 5.94. The molecule has 9 heteroatoms. The number of amides is 2. The van der Waals surface area contributed by atoms with Gasteiger partial charge in [0.1, 0.15) is 11.9 Å². The van der Waals surface area contributed by atoms with Crippen molar-refractivity contribution in [3.05, 3.63) is 66.1 Å². The molecule has 3 aromatic rings. The molecule has 1 aliphatic heterocycles. The number of rotatable bonds is 8. The van der Waals surface area contributed by atoms with Crippen LogP contribution < -0.4 is 5.32 Å². The number of benzene rings is 2. The van der Waals surface area contributed by atoms with Gasteiger partial charge < -0.3 is 24.7 Å². The lowest BCUT2D eigenvalue weighted by molar-refractivity contribution is -0.135. The van der Waals surface area contributed by atoms with Gasteiger partial charge >= 0.3 is 6.09 Å². The number of carbonyl (C=O) groups is 3. The first-order chi connectivity index (χ1) is 18.2. The maximum atomic E-state index is 13.5. The third-order valence-electron chi connectivity index (χ3n) is 7.00. The van der Waals surface area contributed by atoms with Gasteiger partial charge in [0.25, 0.3) is 0 Å². The molecule has 3 atom stereocenters. The third kappa shape index (κ3) is 5.78. The summed E-state index contributed by atoms with van der Waals surface area (Å²) in [7, 11) is 2.91. The number of hydrogen-bond acceptors (Lipinski definition) is 6. The molecule has 0 bridgehead atoms. The molecule has 0 aliphatic carbocycles. The van der Waals surface area contributed by atoms with E-state index in [1.165, 1.54) is 7.11 Å². The van der Waals surface area contributed by atoms with Crippen LogP contribution in [0.2, 0.25) is 0 Å². The molecule has 1 aromatic heterocycles. The Bertz CT molecular complexity index is 1280. The number of ketones is 1. The van der Waals surface area contributed by atoms with Crippen molar-refractivity contribution < 1.29 is 23.9 Å². The Morgan fingerprint density at radius 1 is 1.00 bits per heavy atom. The number of nitrogens with zero attached hydrogens (tertiary/aromatic N) is 2. The Morgan fingerprint density at radius 3 is 2.16 bits per heavy atom. The van der Waals surface area contributed by atoms with Crippen LogP contribution in [-0.2, 0) is 14.3 Å². The molecule has 38 heavy (non-hydrogen) atoms. The van der Waals surface area contributed by atoms with Crippen LogP contribution in [0.25, 0.3) is 22.4 Å². The molecule has 9 nitrogen and oxygen atoms in total. The summed E-state index contributed by atoms with van der Waals surface area (Å²) in [5.74, 6) is 0.374. The van der Waals surface area contributed by atoms with Crippen molar-refractivity contribution >= 4 is 17.8 Å². The highest BCUT2D eigenvalue weighted by Crippen LogP contribution is 2.34. The zero-order valence-electron chi connectivity index (χ0n) is 22.4. The Hall–Kier alpha value is -3.98. The number of Topliss-reactive ketones (excluding diaryl/α,β-unsaturated/α-hetero) is 1. The van der Waals surface area contributed by atoms with Crippen LogP contribution in [0.1, 0.15) is 49.4 Å². The summed E-state index contributed by atoms with van der Waals surface area (Å²) in [6, 6.07) is 14.6. The standard InChI is InChI=1S/C29H34N4O5/c1-17(2)26(32-29(36)38-5)28(35)33-16-23(37-4)14-25(33)27-30-15-24(31-27)22-12-10-21(11-13-22)20-8-6-19(7-9-20)18(3)34/h6-13,15,17,23,25-26H,14,16H2,1-5H3,(H,30,31)(H,32,36). The second-order valence-corrected chi connectivity index (χ2v) is 9.85. The fourth-order valence-corrected chi connectivity index (χ4v) is 4.74. The Morgan fingerprint density at radius 2 is 1.61 bits per heavy atom. The van der Waals surface area contributed by atoms with Crippen molar-refractivity contribution in [1.29, 1.82) is 0 Å². The van der Waals surface area contributed by atoms with Crippen molar-refractivity contribution in [2.24, 2.45) is 5.92 Å². The number of nitrogens with one attached hydrogen (secondary N) is 2. The van der Waals surface area contributed by atoms with Gasteiger partial charge in [-0.25, -0.2) is 9.78 Å². The van der Waals surface area contributed by atoms with Gasteiger partial charge in [-0.1, -0.05) is 62.4 Å². The fourth-order valence-electron chi connectivity index (χ4n) is 4.74. The summed E-state index contributed by atoms with van der Waals surface area (Å²) in [5, 5.41) is 2.67. The molecular weight excluding hydrogens is 484 g/mol. The maximum absolute atomic E-state index is 13.5. The van der Waals surface area contributed by atoms with Crippen LogP contribution in [0.4, 0.5) is 4.79 Å². The van der Waals surface area contributed by atoms with Crippen LogP contribution in [0.3, 0.4) is 0 Å². The van der Waals surface area contributed by atoms with Crippen LogP contribution in [-0.4, -0.2) is 65.6 Å². The van der Waals surface area contributed by atoms with E-state index >= 15 is 0 Å². The predicted octanol–water partition coefficient (Wildman–Crippen LogP) is 4.62. The topological polar surface area (TPSA) is 114 Å². The number of methoxy groups -OCH3 is 2. The van der Waals surface area contributed by atoms with Gasteiger partial charge in [0, 0.05) is 25.6 Å². The molecule has 1 saturated heterocycles. The van der Waals surface area contributed by atoms with E-state index in [2.05, 4.69) is 15.3 Å². The molecule has 2 aromatic carbocycles. The summed E-state index contributed by atoms with van der Waals surface area (Å²) >= 11 is 0. The number of aromatic amines is 1. The number of carbonyl (C=O) groups excluding carboxylic acids is 3. The van der Waals surface area contributed by atoms with Crippen molar-refractivity contribution in [3.63, 3.8) is 0 Å². The summed E-state index contributed by atoms with van der Waals surface area (Å²) in [6.07, 6.45) is 1.57. The van der Waals surface area contributed by atoms with Gasteiger partial charge in [-0.3, -0.25) is 9.59 Å². The number of ether oxygens (including phenoxy) is 2. The molecule has 2 heterocycles. The summed E-state index contributed by atoms with van der Waals surface area (Å²) in [6.45, 7) is 5.72. The zero-order valence-corrected chi connectivity index (χ0v) is 22.4. The molecule has 2 N–H and O–H groups in total. The summed E-state index contributed by atoms with van der Waals surface area (Å²) < 4.78 is 10.3. The quantitative estimate of drug-likeness (QED) is 0.421. The fraction of sp³-hybridized carbons (Fsp3) is 0.379. The first kappa shape index (κ1) is 27.1. The minimum absolute atomic E-state index is 0.0424. The molecule has 0 spiro atoms. The van der Waals surface area contributed by atoms with Crippen LogP contribution in [0.15, 0.2) is 54.7 Å². The Balaban J connectivity index is 1.54. The molecule has 3 unspecified atom stereocenters. The minimum Gasteiger partial charge on any atom is -0.453 e. The summed E-state index contributed by atoms with van der Waals surface area (Å²) in [5.41, 5.74) is 4.54. The zero-order chi connectivity index (χ0) is 27.4. The number of hydrogen-bond donors (Lipinski definition) is 2. The highest BCUT2D eigenvalue weighted by atomic mass is 16.5. The molecule has 4 rings (SSSR count). The van der Waals surface area contributed by atoms with E-state index < -0.39 is 12.1 Å². The lowest BCUT2D eigenvalue weighted by atomic mass is 10.0. The molecule has 1 fully saturated rings. The van der Waals surface area contributed by atoms with Crippen molar-refractivity contribution in [2.45, 2.75) is 45.4 Å². The Labute approximate surface area is 222 Å². The SMILES string of the molecule is COC(=O)NC(C(=O)N1CC(OC)CC1c1ncc(-c2ccc(-c3ccc(C(C)=O)cc3)cc2)[nH]1)C(C)C. The molecule has 2 amide bonds. The number of aromatic nitrogens is 2. The van der Waals surface area contributed by atoms with Gasteiger partial charge in [-0.2, -0.15) is 0 Å². The van der Waals surface area contributed by atoms with E-state index in [-0.39, 0.29) is 29.8 Å². The molecule has 1 aliphatic rings. The predicted molar refractivity (Wildman–Crippen MR) is 143 cm³/mol. The maximum Gasteiger partial charge on any atom is 0.407 e. The molecule has 0 radical (unpaired) electrons. The molecule has 200 valence electrons. The van der Waals surface area contributed by atoms with Crippen molar-refractivity contribution in [1.82, 2.24) is 20.2 Å². The normalized spacial score (nSPS) is 17.9. The number of alkyl carbamates (subject to hydrolysis) is 1. The monoisotopic (exact) mass is 518 g/mol. The second kappa shape index (κ2) is 11.6. The van der Waals surface area contributed by atoms with Crippen LogP contribution >= 0.6 is 0 Å². The Kier molecular flexibility index (Phi) is 8.26. The smallest absolute Gasteiger partial charge is 0.407 e. The lowest BCUT2D eigenvalue weighted by Gasteiger charge is -2.29. The minimum atomic E-state index is -0.730. The van der Waals surface area contributed by atoms with Gasteiger partial charge in [0.15, 0.2) is 5.78 Å². The van der Waals surface area contributed by atoms with E-state index in [9.17, 15) is 14.4 Å². The first-order valence-corrected chi connectivity index (χ1v) is 12.7. The lowest BCUT2D eigenvalue weighted by Crippen LogP contribution is -2.51. The molecule has 0 saturated carbocycles. The van der Waals surface area contributed by atoms with E-state index in [0.717, 1.165) is 22.4 Å². The van der Waals surface area contributed by atoms with E-state index in [0.29, 0.717) is 24.4 Å². The van der Waals surface area contributed by atoms with E-state index in [1.54, 1.807) is 25.1 Å². The van der Waals surface area contributed by atoms with E-state index in [1.807, 2.05) is 62.4 Å². The number of H-pyrrole nitrogens is 1. The van der Waals surface area contributed by atoms with Gasteiger partial charge in [0.05, 0.1) is 31.1 Å². The van der Waals surface area contributed by atoms with Crippen molar-refractivity contribution in [2.75, 3.05) is 20.8 Å². The third-order valence-corrected chi connectivity index (χ3v) is 7.00. The van der Waals surface area contributed by atoms with Crippen LogP contribution in [0, 0.1) is 5.92 Å². The average Bonchev–Trinajstić information content (AvgIpc) is 3.59. The number of imidazole rings is 1. The second-order valence-electron chi connectivity index (χ2n) is 9.85. The highest BCUT2D eigenvalue weighted by Gasteiger charge is 2.41. The van der Waals surface area contributed by atoms with E-state index in [4.69, 9.17) is 9.47 Å². The van der Waals surface area contributed by atoms with Crippen LogP contribution in [0.5, 0.6) is 0 Å².